The van der Waals surface area contributed by atoms with Gasteiger partial charge < -0.3 is 14.4 Å². The maximum Gasteiger partial charge on any atom is 0.411 e. The fourth-order valence-electron chi connectivity index (χ4n) is 2.87. The average molecular weight is 465 g/mol. The molecule has 0 radical (unpaired) electrons. The molecule has 0 saturated carbocycles. The van der Waals surface area contributed by atoms with Gasteiger partial charge in [-0.15, -0.1) is 0 Å². The number of methoxy groups -OCH3 is 1. The van der Waals surface area contributed by atoms with Gasteiger partial charge in [0.15, 0.2) is 0 Å². The third-order valence-corrected chi connectivity index (χ3v) is 4.80. The normalized spacial score (nSPS) is 16.0. The molecule has 1 aromatic carbocycles. The number of halogens is 4. The van der Waals surface area contributed by atoms with Gasteiger partial charge >= 0.3 is 6.18 Å². The van der Waals surface area contributed by atoms with E-state index in [0.717, 1.165) is 10.0 Å². The van der Waals surface area contributed by atoms with E-state index < -0.39 is 12.8 Å². The zero-order chi connectivity index (χ0) is 20.6. The highest BCUT2D eigenvalue weighted by Crippen LogP contribution is 2.24. The molecule has 156 valence electrons. The number of hydrogen-bond donors (Lipinski definition) is 0. The van der Waals surface area contributed by atoms with Gasteiger partial charge in [0, 0.05) is 55.4 Å². The molecule has 1 saturated heterocycles. The van der Waals surface area contributed by atoms with Gasteiger partial charge in [-0.1, -0.05) is 15.9 Å². The summed E-state index contributed by atoms with van der Waals surface area (Å²) in [6, 6.07) is 5.57. The first-order valence-corrected chi connectivity index (χ1v) is 9.75. The number of ether oxygens (including phenoxy) is 2. The van der Waals surface area contributed by atoms with Crippen molar-refractivity contribution in [2.75, 3.05) is 53.0 Å². The van der Waals surface area contributed by atoms with Gasteiger partial charge in [0.25, 0.3) is 0 Å². The maximum atomic E-state index is 12.4. The van der Waals surface area contributed by atoms with Gasteiger partial charge in [0.2, 0.25) is 5.91 Å². The van der Waals surface area contributed by atoms with E-state index in [2.05, 4.69) is 25.6 Å². The molecule has 0 aliphatic carbocycles. The Hall–Kier alpha value is -1.58. The SMILES string of the molecule is COc1ccc(Br)cc1/C=C/C(=O)N1CCN(CCCOCC(F)(F)F)CC1. The lowest BCUT2D eigenvalue weighted by molar-refractivity contribution is -0.174. The summed E-state index contributed by atoms with van der Waals surface area (Å²) in [5, 5.41) is 0. The lowest BCUT2D eigenvalue weighted by atomic mass is 10.2. The van der Waals surface area contributed by atoms with Crippen LogP contribution in [0, 0.1) is 0 Å². The number of nitrogens with zero attached hydrogens (tertiary/aromatic N) is 2. The van der Waals surface area contributed by atoms with Crippen molar-refractivity contribution in [1.82, 2.24) is 9.80 Å². The number of benzene rings is 1. The smallest absolute Gasteiger partial charge is 0.411 e. The summed E-state index contributed by atoms with van der Waals surface area (Å²) in [4.78, 5) is 16.3. The number of alkyl halides is 3. The van der Waals surface area contributed by atoms with E-state index in [9.17, 15) is 18.0 Å². The fourth-order valence-corrected chi connectivity index (χ4v) is 3.25. The van der Waals surface area contributed by atoms with Crippen LogP contribution in [0.1, 0.15) is 12.0 Å². The first-order valence-electron chi connectivity index (χ1n) is 8.96. The Morgan fingerprint density at radius 3 is 2.61 bits per heavy atom. The molecule has 5 nitrogen and oxygen atoms in total. The molecular weight excluding hydrogens is 441 g/mol. The van der Waals surface area contributed by atoms with Gasteiger partial charge in [-0.3, -0.25) is 9.69 Å². The summed E-state index contributed by atoms with van der Waals surface area (Å²) in [7, 11) is 1.58. The molecule has 1 aliphatic heterocycles. The van der Waals surface area contributed by atoms with E-state index in [4.69, 9.17) is 4.74 Å². The van der Waals surface area contributed by atoms with Crippen LogP contribution in [0.4, 0.5) is 13.2 Å². The van der Waals surface area contributed by atoms with Crippen LogP contribution in [0.5, 0.6) is 5.75 Å². The van der Waals surface area contributed by atoms with E-state index in [-0.39, 0.29) is 12.5 Å². The van der Waals surface area contributed by atoms with E-state index in [0.29, 0.717) is 44.9 Å². The molecule has 1 aromatic rings. The van der Waals surface area contributed by atoms with Gasteiger partial charge in [-0.05, 0) is 30.7 Å². The predicted octanol–water partition coefficient (Wildman–Crippen LogP) is 3.58. The minimum atomic E-state index is -4.28. The highest BCUT2D eigenvalue weighted by atomic mass is 79.9. The quantitative estimate of drug-likeness (QED) is 0.435. The van der Waals surface area contributed by atoms with Crippen LogP contribution in [0.15, 0.2) is 28.7 Å². The van der Waals surface area contributed by atoms with E-state index in [1.165, 1.54) is 6.08 Å². The third-order valence-electron chi connectivity index (χ3n) is 4.31. The Morgan fingerprint density at radius 1 is 1.25 bits per heavy atom. The van der Waals surface area contributed by atoms with Crippen LogP contribution in [-0.2, 0) is 9.53 Å². The Bertz CT molecular complexity index is 675. The Kier molecular flexibility index (Phi) is 8.78. The van der Waals surface area contributed by atoms with Crippen molar-refractivity contribution in [1.29, 1.82) is 0 Å². The van der Waals surface area contributed by atoms with Crippen LogP contribution < -0.4 is 4.74 Å². The molecule has 0 aromatic heterocycles. The first-order chi connectivity index (χ1) is 13.3. The van der Waals surface area contributed by atoms with Crippen molar-refractivity contribution in [2.24, 2.45) is 0 Å². The topological polar surface area (TPSA) is 42.0 Å². The number of carbonyl (C=O) groups is 1. The zero-order valence-electron chi connectivity index (χ0n) is 15.7. The molecule has 0 atom stereocenters. The van der Waals surface area contributed by atoms with Crippen molar-refractivity contribution in [3.8, 4) is 5.75 Å². The number of amides is 1. The van der Waals surface area contributed by atoms with E-state index in [1.54, 1.807) is 18.1 Å². The van der Waals surface area contributed by atoms with Crippen molar-refractivity contribution in [3.05, 3.63) is 34.3 Å². The summed E-state index contributed by atoms with van der Waals surface area (Å²) >= 11 is 3.40. The summed E-state index contributed by atoms with van der Waals surface area (Å²) in [6.07, 6.45) is -0.479. The minimum Gasteiger partial charge on any atom is -0.496 e. The molecule has 0 spiro atoms. The second-order valence-electron chi connectivity index (χ2n) is 6.41. The molecule has 9 heteroatoms. The number of carbonyl (C=O) groups excluding carboxylic acids is 1. The van der Waals surface area contributed by atoms with Crippen molar-refractivity contribution >= 4 is 27.9 Å². The Balaban J connectivity index is 1.73. The Labute approximate surface area is 171 Å². The highest BCUT2D eigenvalue weighted by Gasteiger charge is 2.27. The first kappa shape index (κ1) is 22.7. The molecule has 2 rings (SSSR count). The predicted molar refractivity (Wildman–Crippen MR) is 104 cm³/mol. The lowest BCUT2D eigenvalue weighted by Gasteiger charge is -2.34. The largest absolute Gasteiger partial charge is 0.496 e. The summed E-state index contributed by atoms with van der Waals surface area (Å²) < 4.78 is 46.8. The maximum absolute atomic E-state index is 12.4. The second kappa shape index (κ2) is 10.8. The van der Waals surface area contributed by atoms with Gasteiger partial charge in [-0.2, -0.15) is 13.2 Å². The van der Waals surface area contributed by atoms with Gasteiger partial charge in [-0.25, -0.2) is 0 Å². The van der Waals surface area contributed by atoms with Crippen LogP contribution in [0.3, 0.4) is 0 Å². The minimum absolute atomic E-state index is 0.0739. The second-order valence-corrected chi connectivity index (χ2v) is 7.32. The molecular formula is C19H24BrF3N2O3. The lowest BCUT2D eigenvalue weighted by Crippen LogP contribution is -2.48. The van der Waals surface area contributed by atoms with Crippen LogP contribution in [0.25, 0.3) is 6.08 Å². The average Bonchev–Trinajstić information content (AvgIpc) is 2.65. The van der Waals surface area contributed by atoms with E-state index in [1.807, 2.05) is 18.2 Å². The van der Waals surface area contributed by atoms with Gasteiger partial charge in [0.1, 0.15) is 12.4 Å². The van der Waals surface area contributed by atoms with Crippen LogP contribution >= 0.6 is 15.9 Å². The summed E-state index contributed by atoms with van der Waals surface area (Å²) in [5.41, 5.74) is 0.808. The van der Waals surface area contributed by atoms with Crippen molar-refractivity contribution < 1.29 is 27.4 Å². The van der Waals surface area contributed by atoms with E-state index >= 15 is 0 Å². The summed E-state index contributed by atoms with van der Waals surface area (Å²) in [6.45, 7) is 2.09. The van der Waals surface area contributed by atoms with Gasteiger partial charge in [0.05, 0.1) is 7.11 Å². The molecule has 1 heterocycles. The molecule has 0 N–H and O–H groups in total. The Morgan fingerprint density at radius 2 is 1.96 bits per heavy atom. The number of hydrogen-bond acceptors (Lipinski definition) is 4. The standard InChI is InChI=1S/C19H24BrF3N2O3/c1-27-17-5-4-16(20)13-15(17)3-6-18(26)25-10-8-24(9-11-25)7-2-12-28-14-19(21,22)23/h3-6,13H,2,7-12,14H2,1H3/b6-3+. The van der Waals surface area contributed by atoms with Crippen LogP contribution in [-0.4, -0.2) is 74.9 Å². The molecule has 0 bridgehead atoms. The molecule has 1 aliphatic rings. The van der Waals surface area contributed by atoms with Crippen molar-refractivity contribution in [3.63, 3.8) is 0 Å². The third kappa shape index (κ3) is 7.81. The highest BCUT2D eigenvalue weighted by molar-refractivity contribution is 9.10. The fraction of sp³-hybridized carbons (Fsp3) is 0.526. The van der Waals surface area contributed by atoms with Crippen molar-refractivity contribution in [2.45, 2.75) is 12.6 Å². The molecule has 0 unspecified atom stereocenters. The number of rotatable bonds is 8. The molecule has 1 fully saturated rings. The summed E-state index contributed by atoms with van der Waals surface area (Å²) in [5.74, 6) is 0.611. The zero-order valence-corrected chi connectivity index (χ0v) is 17.3. The molecule has 1 amide bonds. The van der Waals surface area contributed by atoms with Crippen LogP contribution in [0.2, 0.25) is 0 Å². The number of piperazine rings is 1. The molecule has 28 heavy (non-hydrogen) atoms. The monoisotopic (exact) mass is 464 g/mol.